The Kier molecular flexibility index (Phi) is 3.49. The topological polar surface area (TPSA) is 56.3 Å². The number of hydrogen-bond donors (Lipinski definition) is 2. The fourth-order valence-corrected chi connectivity index (χ4v) is 5.52. The molecule has 0 radical (unpaired) electrons. The Hall–Kier alpha value is -2.75. The molecule has 1 saturated heterocycles. The van der Waals surface area contributed by atoms with Crippen molar-refractivity contribution in [2.45, 2.75) is 45.1 Å². The van der Waals surface area contributed by atoms with Gasteiger partial charge in [-0.05, 0) is 59.7 Å². The first-order valence-corrected chi connectivity index (χ1v) is 10.0. The van der Waals surface area contributed by atoms with Gasteiger partial charge in [-0.3, -0.25) is 4.79 Å². The molecular weight excluding hydrogens is 348 g/mol. The normalized spacial score (nSPS) is 25.5. The number of aromatic hydroxyl groups is 1. The lowest BCUT2D eigenvalue weighted by atomic mass is 9.51. The van der Waals surface area contributed by atoms with Crippen molar-refractivity contribution in [1.82, 2.24) is 9.88 Å². The molecule has 2 N–H and O–H groups in total. The fourth-order valence-electron chi connectivity index (χ4n) is 5.52. The van der Waals surface area contributed by atoms with E-state index in [4.69, 9.17) is 0 Å². The number of aromatic amines is 1. The monoisotopic (exact) mass is 374 g/mol. The number of phenolic OH excluding ortho intramolecular Hbond substituents is 1. The minimum atomic E-state index is -0.0834. The molecule has 5 rings (SSSR count). The number of aromatic nitrogens is 1. The van der Waals surface area contributed by atoms with Crippen LogP contribution in [0.3, 0.4) is 0 Å². The van der Waals surface area contributed by atoms with Gasteiger partial charge in [0.15, 0.2) is 0 Å². The zero-order chi connectivity index (χ0) is 19.7. The van der Waals surface area contributed by atoms with E-state index < -0.39 is 0 Å². The number of phenols is 1. The van der Waals surface area contributed by atoms with Gasteiger partial charge in [-0.25, -0.2) is 0 Å². The van der Waals surface area contributed by atoms with Crippen LogP contribution in [-0.2, 0) is 11.8 Å². The van der Waals surface area contributed by atoms with Gasteiger partial charge in [0.1, 0.15) is 5.75 Å². The molecule has 1 aromatic heterocycles. The molecule has 144 valence electrons. The molecule has 1 aliphatic carbocycles. The molecule has 1 unspecified atom stereocenters. The van der Waals surface area contributed by atoms with Crippen molar-refractivity contribution in [2.24, 2.45) is 5.41 Å². The highest BCUT2D eigenvalue weighted by molar-refractivity contribution is 5.98. The summed E-state index contributed by atoms with van der Waals surface area (Å²) in [7, 11) is 0. The van der Waals surface area contributed by atoms with Crippen LogP contribution in [0.4, 0.5) is 0 Å². The highest BCUT2D eigenvalue weighted by atomic mass is 16.3. The van der Waals surface area contributed by atoms with Crippen LogP contribution in [0.25, 0.3) is 10.9 Å². The summed E-state index contributed by atoms with van der Waals surface area (Å²) in [6, 6.07) is 13.8. The lowest BCUT2D eigenvalue weighted by Crippen LogP contribution is -2.64. The van der Waals surface area contributed by atoms with Crippen molar-refractivity contribution in [2.75, 3.05) is 6.54 Å². The largest absolute Gasteiger partial charge is 0.508 e. The molecule has 2 aliphatic rings. The maximum atomic E-state index is 13.5. The van der Waals surface area contributed by atoms with E-state index in [2.05, 4.69) is 31.8 Å². The summed E-state index contributed by atoms with van der Waals surface area (Å²) in [4.78, 5) is 18.7. The smallest absolute Gasteiger partial charge is 0.254 e. The van der Waals surface area contributed by atoms with Gasteiger partial charge < -0.3 is 15.0 Å². The second-order valence-electron chi connectivity index (χ2n) is 9.11. The van der Waals surface area contributed by atoms with Gasteiger partial charge in [-0.1, -0.05) is 32.9 Å². The Balaban J connectivity index is 1.58. The first kappa shape index (κ1) is 17.4. The maximum absolute atomic E-state index is 13.5. The Morgan fingerprint density at radius 3 is 2.82 bits per heavy atom. The number of amides is 1. The van der Waals surface area contributed by atoms with Gasteiger partial charge in [0.2, 0.25) is 0 Å². The van der Waals surface area contributed by atoms with Gasteiger partial charge in [0.25, 0.3) is 5.91 Å². The van der Waals surface area contributed by atoms with Crippen LogP contribution in [0.5, 0.6) is 5.75 Å². The number of piperidine rings is 1. The van der Waals surface area contributed by atoms with E-state index in [9.17, 15) is 9.90 Å². The third-order valence-electron chi connectivity index (χ3n) is 7.69. The summed E-state index contributed by atoms with van der Waals surface area (Å²) >= 11 is 0. The molecule has 0 saturated carbocycles. The Bertz CT molecular complexity index is 1100. The molecule has 2 atom stereocenters. The van der Waals surface area contributed by atoms with Crippen molar-refractivity contribution in [3.8, 4) is 5.75 Å². The van der Waals surface area contributed by atoms with Crippen molar-refractivity contribution >= 4 is 16.8 Å². The van der Waals surface area contributed by atoms with E-state index in [1.807, 2.05) is 41.4 Å². The minimum absolute atomic E-state index is 0.0569. The Labute approximate surface area is 165 Å². The summed E-state index contributed by atoms with van der Waals surface area (Å²) in [5.41, 5.74) is 3.88. The average molecular weight is 374 g/mol. The molecule has 1 fully saturated rings. The zero-order valence-electron chi connectivity index (χ0n) is 16.6. The first-order chi connectivity index (χ1) is 13.3. The van der Waals surface area contributed by atoms with Gasteiger partial charge in [0, 0.05) is 40.7 Å². The van der Waals surface area contributed by atoms with Crippen LogP contribution in [0, 0.1) is 5.41 Å². The van der Waals surface area contributed by atoms with Crippen molar-refractivity contribution < 1.29 is 9.90 Å². The van der Waals surface area contributed by atoms with E-state index in [1.54, 1.807) is 6.07 Å². The number of H-pyrrole nitrogens is 1. The quantitative estimate of drug-likeness (QED) is 0.652. The summed E-state index contributed by atoms with van der Waals surface area (Å²) in [6.07, 6.45) is 3.49. The number of carbonyl (C=O) groups excluding carboxylic acids is 1. The average Bonchev–Trinajstić information content (AvgIpc) is 3.12. The summed E-state index contributed by atoms with van der Waals surface area (Å²) in [6.45, 7) is 7.59. The van der Waals surface area contributed by atoms with Crippen LogP contribution in [0.1, 0.15) is 48.7 Å². The van der Waals surface area contributed by atoms with E-state index in [0.717, 1.165) is 35.0 Å². The predicted molar refractivity (Wildman–Crippen MR) is 111 cm³/mol. The van der Waals surface area contributed by atoms with Crippen molar-refractivity contribution in [1.29, 1.82) is 0 Å². The van der Waals surface area contributed by atoms with E-state index in [0.29, 0.717) is 12.2 Å². The number of carbonyl (C=O) groups is 1. The van der Waals surface area contributed by atoms with Gasteiger partial charge in [-0.15, -0.1) is 0 Å². The minimum Gasteiger partial charge on any atom is -0.508 e. The number of fused-ring (bicyclic) bond motifs is 5. The number of hydrogen-bond acceptors (Lipinski definition) is 2. The number of likely N-dealkylation sites (tertiary alicyclic amines) is 1. The lowest BCUT2D eigenvalue weighted by Gasteiger charge is -2.60. The standard InChI is InChI=1S/C24H26N2O2/c1-23(2)21-14-17-18(5-4-6-20(17)27)24(23,3)10-12-26(21)22(28)16-7-8-19-15(13-16)9-11-25-19/h4-9,11,13,21,25,27H,10,12,14H2,1-3H3/t21-,24?/m1/s1. The van der Waals surface area contributed by atoms with Crippen LogP contribution in [-0.4, -0.2) is 33.5 Å². The zero-order valence-corrected chi connectivity index (χ0v) is 16.6. The van der Waals surface area contributed by atoms with Crippen LogP contribution in [0.15, 0.2) is 48.7 Å². The highest BCUT2D eigenvalue weighted by Gasteiger charge is 2.57. The van der Waals surface area contributed by atoms with E-state index >= 15 is 0 Å². The van der Waals surface area contributed by atoms with E-state index in [1.165, 1.54) is 5.56 Å². The van der Waals surface area contributed by atoms with Gasteiger partial charge in [0.05, 0.1) is 0 Å². The molecule has 2 heterocycles. The fraction of sp³-hybridized carbons (Fsp3) is 0.375. The van der Waals surface area contributed by atoms with Gasteiger partial charge in [-0.2, -0.15) is 0 Å². The summed E-state index contributed by atoms with van der Waals surface area (Å²) in [5.74, 6) is 0.439. The molecule has 1 aliphatic heterocycles. The summed E-state index contributed by atoms with van der Waals surface area (Å²) < 4.78 is 0. The molecule has 2 bridgehead atoms. The summed E-state index contributed by atoms with van der Waals surface area (Å²) in [5, 5.41) is 11.6. The predicted octanol–water partition coefficient (Wildman–Crippen LogP) is 4.63. The molecule has 2 aromatic carbocycles. The van der Waals surface area contributed by atoms with E-state index in [-0.39, 0.29) is 22.8 Å². The number of nitrogens with zero attached hydrogens (tertiary/aromatic N) is 1. The molecule has 4 heteroatoms. The maximum Gasteiger partial charge on any atom is 0.254 e. The second kappa shape index (κ2) is 5.63. The second-order valence-corrected chi connectivity index (χ2v) is 9.11. The molecule has 4 nitrogen and oxygen atoms in total. The number of nitrogens with one attached hydrogen (secondary N) is 1. The highest BCUT2D eigenvalue weighted by Crippen LogP contribution is 2.57. The Morgan fingerprint density at radius 1 is 1.18 bits per heavy atom. The molecule has 0 spiro atoms. The number of benzene rings is 2. The van der Waals surface area contributed by atoms with Gasteiger partial charge >= 0.3 is 0 Å². The third kappa shape index (κ3) is 2.15. The van der Waals surface area contributed by atoms with Crippen LogP contribution in [0.2, 0.25) is 0 Å². The van der Waals surface area contributed by atoms with Crippen LogP contribution >= 0.6 is 0 Å². The Morgan fingerprint density at radius 2 is 2.00 bits per heavy atom. The molecule has 1 amide bonds. The first-order valence-electron chi connectivity index (χ1n) is 10.0. The molecular formula is C24H26N2O2. The molecule has 3 aromatic rings. The van der Waals surface area contributed by atoms with Crippen molar-refractivity contribution in [3.05, 3.63) is 65.4 Å². The van der Waals surface area contributed by atoms with Crippen LogP contribution < -0.4 is 0 Å². The third-order valence-corrected chi connectivity index (χ3v) is 7.69. The van der Waals surface area contributed by atoms with Crippen molar-refractivity contribution in [3.63, 3.8) is 0 Å². The number of rotatable bonds is 1. The molecule has 28 heavy (non-hydrogen) atoms. The SMILES string of the molecule is CC12CCN(C(=O)c3ccc4[nH]ccc4c3)[C@H](Cc3c(O)cccc31)C2(C)C. The lowest BCUT2D eigenvalue weighted by molar-refractivity contribution is -0.0266.